The van der Waals surface area contributed by atoms with Gasteiger partial charge in [0.05, 0.1) is 10.5 Å². The number of para-hydroxylation sites is 1. The number of halogens is 1. The molecular formula is C21H18ClN3O3S. The van der Waals surface area contributed by atoms with Crippen molar-refractivity contribution in [3.63, 3.8) is 0 Å². The number of nitro groups is 1. The SMILES string of the molecule is O=[N+]([O-])c1cc(Cl)ccc1-c1ccc(C(=S)N2CCN(c3ccccc3)CC2)o1. The number of rotatable bonds is 4. The van der Waals surface area contributed by atoms with Gasteiger partial charge in [0.1, 0.15) is 10.7 Å². The van der Waals surface area contributed by atoms with Crippen molar-refractivity contribution in [2.45, 2.75) is 0 Å². The van der Waals surface area contributed by atoms with E-state index in [9.17, 15) is 10.1 Å². The predicted molar refractivity (Wildman–Crippen MR) is 118 cm³/mol. The molecule has 0 bridgehead atoms. The summed E-state index contributed by atoms with van der Waals surface area (Å²) >= 11 is 11.5. The molecule has 0 spiro atoms. The van der Waals surface area contributed by atoms with Crippen LogP contribution in [0.25, 0.3) is 11.3 Å². The smallest absolute Gasteiger partial charge is 0.281 e. The van der Waals surface area contributed by atoms with Crippen molar-refractivity contribution in [3.05, 3.63) is 81.6 Å². The minimum Gasteiger partial charge on any atom is -0.453 e. The average molecular weight is 428 g/mol. The molecule has 2 aromatic carbocycles. The Balaban J connectivity index is 1.48. The number of benzene rings is 2. The van der Waals surface area contributed by atoms with Crippen LogP contribution in [-0.2, 0) is 0 Å². The van der Waals surface area contributed by atoms with Crippen LogP contribution in [-0.4, -0.2) is 41.0 Å². The summed E-state index contributed by atoms with van der Waals surface area (Å²) in [5, 5.41) is 11.7. The van der Waals surface area contributed by atoms with Crippen molar-refractivity contribution in [1.29, 1.82) is 0 Å². The molecule has 1 aliphatic heterocycles. The number of nitro benzene ring substituents is 1. The van der Waals surface area contributed by atoms with Crippen LogP contribution >= 0.6 is 23.8 Å². The molecule has 0 aliphatic carbocycles. The Labute approximate surface area is 178 Å². The zero-order valence-electron chi connectivity index (χ0n) is 15.5. The van der Waals surface area contributed by atoms with E-state index in [4.69, 9.17) is 28.2 Å². The molecule has 0 radical (unpaired) electrons. The fourth-order valence-electron chi connectivity index (χ4n) is 3.42. The summed E-state index contributed by atoms with van der Waals surface area (Å²) in [6, 6.07) is 18.3. The number of anilines is 1. The lowest BCUT2D eigenvalue weighted by molar-refractivity contribution is -0.384. The maximum absolute atomic E-state index is 11.3. The van der Waals surface area contributed by atoms with Gasteiger partial charge in [-0.1, -0.05) is 42.0 Å². The summed E-state index contributed by atoms with van der Waals surface area (Å²) in [7, 11) is 0. The fraction of sp³-hybridized carbons (Fsp3) is 0.190. The maximum Gasteiger partial charge on any atom is 0.281 e. The third kappa shape index (κ3) is 4.11. The Kier molecular flexibility index (Phi) is 5.51. The maximum atomic E-state index is 11.3. The third-order valence-corrected chi connectivity index (χ3v) is 5.62. The van der Waals surface area contributed by atoms with Crippen molar-refractivity contribution < 1.29 is 9.34 Å². The molecule has 1 fully saturated rings. The van der Waals surface area contributed by atoms with Gasteiger partial charge in [0.2, 0.25) is 0 Å². The van der Waals surface area contributed by atoms with E-state index in [1.54, 1.807) is 24.3 Å². The van der Waals surface area contributed by atoms with E-state index in [-0.39, 0.29) is 5.69 Å². The van der Waals surface area contributed by atoms with E-state index in [1.807, 2.05) is 18.2 Å². The minimum atomic E-state index is -0.468. The quantitative estimate of drug-likeness (QED) is 0.331. The Morgan fingerprint density at radius 1 is 1.03 bits per heavy atom. The molecule has 29 heavy (non-hydrogen) atoms. The first-order valence-electron chi connectivity index (χ1n) is 9.16. The highest BCUT2D eigenvalue weighted by Gasteiger charge is 2.24. The molecule has 0 amide bonds. The van der Waals surface area contributed by atoms with Gasteiger partial charge in [-0.15, -0.1) is 0 Å². The first kappa shape index (κ1) is 19.4. The molecule has 6 nitrogen and oxygen atoms in total. The van der Waals surface area contributed by atoms with Gasteiger partial charge >= 0.3 is 0 Å². The van der Waals surface area contributed by atoms with E-state index in [0.29, 0.717) is 27.1 Å². The first-order chi connectivity index (χ1) is 14.0. The number of furan rings is 1. The first-order valence-corrected chi connectivity index (χ1v) is 9.95. The molecule has 1 aliphatic rings. The van der Waals surface area contributed by atoms with Crippen molar-refractivity contribution in [2.75, 3.05) is 31.1 Å². The zero-order valence-corrected chi connectivity index (χ0v) is 17.0. The predicted octanol–water partition coefficient (Wildman–Crippen LogP) is 5.01. The molecule has 1 aromatic heterocycles. The highest BCUT2D eigenvalue weighted by atomic mass is 35.5. The van der Waals surface area contributed by atoms with Gasteiger partial charge in [-0.2, -0.15) is 0 Å². The van der Waals surface area contributed by atoms with Crippen LogP contribution in [0.15, 0.2) is 65.1 Å². The standard InChI is InChI=1S/C21H18ClN3O3S/c22-15-6-7-17(18(14-15)25(26)27)19-8-9-20(28-19)21(29)24-12-10-23(11-13-24)16-4-2-1-3-5-16/h1-9,14H,10-13H2. The number of thiocarbonyl (C=S) groups is 1. The number of hydrogen-bond donors (Lipinski definition) is 0. The Bertz CT molecular complexity index is 1050. The topological polar surface area (TPSA) is 62.8 Å². The molecule has 8 heteroatoms. The van der Waals surface area contributed by atoms with Gasteiger partial charge in [0.25, 0.3) is 5.69 Å². The van der Waals surface area contributed by atoms with Crippen LogP contribution in [0, 0.1) is 10.1 Å². The van der Waals surface area contributed by atoms with Gasteiger partial charge in [-0.05, 0) is 36.4 Å². The molecule has 0 unspecified atom stereocenters. The van der Waals surface area contributed by atoms with Crippen LogP contribution < -0.4 is 4.90 Å². The van der Waals surface area contributed by atoms with Gasteiger partial charge in [-0.25, -0.2) is 0 Å². The molecule has 2 heterocycles. The number of piperazine rings is 1. The van der Waals surface area contributed by atoms with Crippen molar-refractivity contribution in [1.82, 2.24) is 4.90 Å². The summed E-state index contributed by atoms with van der Waals surface area (Å²) in [6.45, 7) is 3.29. The Morgan fingerprint density at radius 3 is 2.45 bits per heavy atom. The molecular weight excluding hydrogens is 410 g/mol. The van der Waals surface area contributed by atoms with Gasteiger partial charge in [0.15, 0.2) is 5.76 Å². The second-order valence-corrected chi connectivity index (χ2v) is 7.52. The normalized spacial score (nSPS) is 14.1. The zero-order chi connectivity index (χ0) is 20.4. The van der Waals surface area contributed by atoms with E-state index in [0.717, 1.165) is 26.2 Å². The second kappa shape index (κ2) is 8.23. The molecule has 1 saturated heterocycles. The molecule has 0 saturated carbocycles. The van der Waals surface area contributed by atoms with Crippen LogP contribution in [0.2, 0.25) is 5.02 Å². The Hall–Kier alpha value is -2.90. The lowest BCUT2D eigenvalue weighted by Crippen LogP contribution is -2.48. The van der Waals surface area contributed by atoms with E-state index >= 15 is 0 Å². The summed E-state index contributed by atoms with van der Waals surface area (Å²) in [5.74, 6) is 0.932. The van der Waals surface area contributed by atoms with Gasteiger partial charge in [0, 0.05) is 43.0 Å². The minimum absolute atomic E-state index is 0.0965. The van der Waals surface area contributed by atoms with Crippen molar-refractivity contribution in [2.24, 2.45) is 0 Å². The van der Waals surface area contributed by atoms with Crippen LogP contribution in [0.1, 0.15) is 5.76 Å². The summed E-state index contributed by atoms with van der Waals surface area (Å²) < 4.78 is 5.88. The lowest BCUT2D eigenvalue weighted by Gasteiger charge is -2.37. The monoisotopic (exact) mass is 427 g/mol. The Morgan fingerprint density at radius 2 is 1.76 bits per heavy atom. The van der Waals surface area contributed by atoms with E-state index in [2.05, 4.69) is 21.9 Å². The van der Waals surface area contributed by atoms with Crippen molar-refractivity contribution in [3.8, 4) is 11.3 Å². The lowest BCUT2D eigenvalue weighted by atomic mass is 10.1. The highest BCUT2D eigenvalue weighted by molar-refractivity contribution is 7.80. The number of nitrogens with zero attached hydrogens (tertiary/aromatic N) is 3. The number of hydrogen-bond acceptors (Lipinski definition) is 5. The largest absolute Gasteiger partial charge is 0.453 e. The highest BCUT2D eigenvalue weighted by Crippen LogP contribution is 2.33. The molecule has 0 N–H and O–H groups in total. The average Bonchev–Trinajstić information content (AvgIpc) is 3.24. The molecule has 4 rings (SSSR count). The van der Waals surface area contributed by atoms with Crippen LogP contribution in [0.4, 0.5) is 11.4 Å². The van der Waals surface area contributed by atoms with Gasteiger partial charge < -0.3 is 14.2 Å². The van der Waals surface area contributed by atoms with Gasteiger partial charge in [-0.3, -0.25) is 10.1 Å². The fourth-order valence-corrected chi connectivity index (χ4v) is 3.88. The molecule has 3 aromatic rings. The van der Waals surface area contributed by atoms with E-state index in [1.165, 1.54) is 11.8 Å². The van der Waals surface area contributed by atoms with Crippen molar-refractivity contribution >= 4 is 40.2 Å². The van der Waals surface area contributed by atoms with Crippen LogP contribution in [0.5, 0.6) is 0 Å². The second-order valence-electron chi connectivity index (χ2n) is 6.70. The third-order valence-electron chi connectivity index (χ3n) is 4.93. The van der Waals surface area contributed by atoms with E-state index < -0.39 is 4.92 Å². The molecule has 0 atom stereocenters. The molecule has 148 valence electrons. The summed E-state index contributed by atoms with van der Waals surface area (Å²) in [4.78, 5) is 15.9. The van der Waals surface area contributed by atoms with Crippen LogP contribution in [0.3, 0.4) is 0 Å². The summed E-state index contributed by atoms with van der Waals surface area (Å²) in [6.07, 6.45) is 0. The summed E-state index contributed by atoms with van der Waals surface area (Å²) in [5.41, 5.74) is 1.48.